The third kappa shape index (κ3) is 4.00. The zero-order valence-corrected chi connectivity index (χ0v) is 17.0. The predicted octanol–water partition coefficient (Wildman–Crippen LogP) is 4.56. The minimum Gasteiger partial charge on any atom is -0.290 e. The maximum absolute atomic E-state index is 14.0. The standard InChI is InChI=1S/C18H9Br2F2N5O/c19-12-6-13(21)11(14(20)15(12)22)8-24-27-18-25-16(9-4-2-1-3-5-9)10(7-23)17(28)26-18/h1-6,8H,(H2,25,26,27,28). The number of aromatic amines is 1. The number of hydrogen-bond acceptors (Lipinski definition) is 5. The van der Waals surface area contributed by atoms with Gasteiger partial charge in [-0.2, -0.15) is 10.4 Å². The van der Waals surface area contributed by atoms with Gasteiger partial charge in [-0.3, -0.25) is 9.78 Å². The molecule has 3 rings (SSSR count). The maximum Gasteiger partial charge on any atom is 0.270 e. The van der Waals surface area contributed by atoms with Crippen molar-refractivity contribution in [3.8, 4) is 17.3 Å². The lowest BCUT2D eigenvalue weighted by atomic mass is 10.1. The van der Waals surface area contributed by atoms with Crippen LogP contribution in [0.5, 0.6) is 0 Å². The molecule has 0 saturated carbocycles. The number of hydrazone groups is 1. The lowest BCUT2D eigenvalue weighted by molar-refractivity contribution is 0.587. The highest BCUT2D eigenvalue weighted by molar-refractivity contribution is 9.11. The molecule has 0 spiro atoms. The molecule has 1 heterocycles. The minimum atomic E-state index is -0.711. The van der Waals surface area contributed by atoms with Crippen molar-refractivity contribution in [2.24, 2.45) is 5.10 Å². The van der Waals surface area contributed by atoms with Crippen molar-refractivity contribution in [1.29, 1.82) is 5.26 Å². The number of anilines is 1. The smallest absolute Gasteiger partial charge is 0.270 e. The average molecular weight is 509 g/mol. The number of benzene rings is 2. The van der Waals surface area contributed by atoms with Crippen molar-refractivity contribution < 1.29 is 8.78 Å². The van der Waals surface area contributed by atoms with Gasteiger partial charge in [-0.15, -0.1) is 0 Å². The van der Waals surface area contributed by atoms with Gasteiger partial charge in [0.2, 0.25) is 5.95 Å². The molecule has 0 saturated heterocycles. The van der Waals surface area contributed by atoms with E-state index in [-0.39, 0.29) is 31.7 Å². The summed E-state index contributed by atoms with van der Waals surface area (Å²) in [6, 6.07) is 11.5. The number of rotatable bonds is 4. The van der Waals surface area contributed by atoms with Gasteiger partial charge in [0.1, 0.15) is 17.4 Å². The summed E-state index contributed by atoms with van der Waals surface area (Å²) < 4.78 is 27.7. The molecular formula is C18H9Br2F2N5O. The van der Waals surface area contributed by atoms with E-state index in [9.17, 15) is 18.8 Å². The fourth-order valence-electron chi connectivity index (χ4n) is 2.29. The highest BCUT2D eigenvalue weighted by Crippen LogP contribution is 2.28. The second-order valence-corrected chi connectivity index (χ2v) is 7.02. The van der Waals surface area contributed by atoms with Crippen LogP contribution in [0.2, 0.25) is 0 Å². The molecule has 0 radical (unpaired) electrons. The molecule has 10 heteroatoms. The second-order valence-electron chi connectivity index (χ2n) is 5.37. The maximum atomic E-state index is 14.0. The van der Waals surface area contributed by atoms with E-state index in [2.05, 4.69) is 52.4 Å². The van der Waals surface area contributed by atoms with Gasteiger partial charge in [0.05, 0.1) is 20.9 Å². The molecule has 3 aromatic rings. The van der Waals surface area contributed by atoms with Crippen molar-refractivity contribution in [2.45, 2.75) is 0 Å². The van der Waals surface area contributed by atoms with Gasteiger partial charge in [-0.25, -0.2) is 19.2 Å². The van der Waals surface area contributed by atoms with Gasteiger partial charge in [-0.05, 0) is 37.9 Å². The first kappa shape index (κ1) is 19.9. The summed E-state index contributed by atoms with van der Waals surface area (Å²) in [5.74, 6) is -1.45. The Labute approximate surface area is 174 Å². The van der Waals surface area contributed by atoms with E-state index in [0.29, 0.717) is 5.56 Å². The molecule has 0 aliphatic rings. The summed E-state index contributed by atoms with van der Waals surface area (Å²) in [5, 5.41) is 13.0. The third-order valence-electron chi connectivity index (χ3n) is 3.59. The topological polar surface area (TPSA) is 93.9 Å². The van der Waals surface area contributed by atoms with E-state index in [0.717, 1.165) is 12.3 Å². The molecule has 0 fully saturated rings. The van der Waals surface area contributed by atoms with Crippen LogP contribution in [0.25, 0.3) is 11.3 Å². The fraction of sp³-hybridized carbons (Fsp3) is 0. The summed E-state index contributed by atoms with van der Waals surface area (Å²) in [6.45, 7) is 0. The number of hydrogen-bond donors (Lipinski definition) is 2. The lowest BCUT2D eigenvalue weighted by Crippen LogP contribution is -2.16. The highest BCUT2D eigenvalue weighted by Gasteiger charge is 2.15. The molecular weight excluding hydrogens is 500 g/mol. The molecule has 0 aliphatic carbocycles. The van der Waals surface area contributed by atoms with Crippen LogP contribution in [0.15, 0.2) is 55.2 Å². The average Bonchev–Trinajstić information content (AvgIpc) is 2.69. The van der Waals surface area contributed by atoms with Crippen LogP contribution in [0, 0.1) is 23.0 Å². The van der Waals surface area contributed by atoms with Crippen molar-refractivity contribution >= 4 is 44.0 Å². The molecule has 140 valence electrons. The number of nitrogens with one attached hydrogen (secondary N) is 2. The van der Waals surface area contributed by atoms with Crippen LogP contribution in [-0.4, -0.2) is 16.2 Å². The van der Waals surface area contributed by atoms with Gasteiger partial charge in [0.25, 0.3) is 5.56 Å². The van der Waals surface area contributed by atoms with Crippen LogP contribution < -0.4 is 11.0 Å². The predicted molar refractivity (Wildman–Crippen MR) is 108 cm³/mol. The molecule has 6 nitrogen and oxygen atoms in total. The molecule has 0 amide bonds. The summed E-state index contributed by atoms with van der Waals surface area (Å²) in [4.78, 5) is 18.7. The first-order chi connectivity index (χ1) is 13.4. The van der Waals surface area contributed by atoms with Gasteiger partial charge in [0.15, 0.2) is 5.82 Å². The molecule has 0 aliphatic heterocycles. The third-order valence-corrected chi connectivity index (χ3v) is 4.94. The molecule has 0 unspecified atom stereocenters. The van der Waals surface area contributed by atoms with Gasteiger partial charge < -0.3 is 0 Å². The second kappa shape index (κ2) is 8.41. The lowest BCUT2D eigenvalue weighted by Gasteiger charge is -2.06. The summed E-state index contributed by atoms with van der Waals surface area (Å²) in [6.07, 6.45) is 1.04. The van der Waals surface area contributed by atoms with Crippen LogP contribution in [0.4, 0.5) is 14.7 Å². The first-order valence-electron chi connectivity index (χ1n) is 7.64. The Morgan fingerprint density at radius 3 is 2.64 bits per heavy atom. The Morgan fingerprint density at radius 1 is 1.25 bits per heavy atom. The Kier molecular flexibility index (Phi) is 5.96. The molecule has 2 aromatic carbocycles. The van der Waals surface area contributed by atoms with Crippen molar-refractivity contribution in [2.75, 3.05) is 5.43 Å². The number of H-pyrrole nitrogens is 1. The van der Waals surface area contributed by atoms with E-state index in [1.165, 1.54) is 0 Å². The summed E-state index contributed by atoms with van der Waals surface area (Å²) >= 11 is 5.87. The van der Waals surface area contributed by atoms with Crippen LogP contribution >= 0.6 is 31.9 Å². The quantitative estimate of drug-likeness (QED) is 0.234. The Balaban J connectivity index is 1.96. The zero-order valence-electron chi connectivity index (χ0n) is 13.8. The zero-order chi connectivity index (χ0) is 20.3. The fourth-order valence-corrected chi connectivity index (χ4v) is 3.46. The van der Waals surface area contributed by atoms with E-state index in [1.54, 1.807) is 30.3 Å². The summed E-state index contributed by atoms with van der Waals surface area (Å²) in [7, 11) is 0. The van der Waals surface area contributed by atoms with Crippen LogP contribution in [0.1, 0.15) is 11.1 Å². The van der Waals surface area contributed by atoms with Crippen LogP contribution in [-0.2, 0) is 0 Å². The number of nitrogens with zero attached hydrogens (tertiary/aromatic N) is 3. The molecule has 1 aromatic heterocycles. The van der Waals surface area contributed by atoms with E-state index < -0.39 is 17.2 Å². The van der Waals surface area contributed by atoms with Crippen molar-refractivity contribution in [3.05, 3.63) is 78.5 Å². The normalized spacial score (nSPS) is 10.8. The summed E-state index contributed by atoms with van der Waals surface area (Å²) in [5.41, 5.74) is 2.26. The Bertz CT molecular complexity index is 1170. The van der Waals surface area contributed by atoms with Gasteiger partial charge in [-0.1, -0.05) is 30.3 Å². The monoisotopic (exact) mass is 507 g/mol. The van der Waals surface area contributed by atoms with Crippen LogP contribution in [0.3, 0.4) is 0 Å². The Hall–Kier alpha value is -2.90. The van der Waals surface area contributed by atoms with E-state index >= 15 is 0 Å². The SMILES string of the molecule is N#Cc1c(-c2ccccc2)nc(NN=Cc2c(F)cc(Br)c(F)c2Br)[nH]c1=O. The van der Waals surface area contributed by atoms with Gasteiger partial charge in [0, 0.05) is 11.1 Å². The van der Waals surface area contributed by atoms with E-state index in [4.69, 9.17) is 0 Å². The van der Waals surface area contributed by atoms with Gasteiger partial charge >= 0.3 is 0 Å². The number of halogens is 4. The minimum absolute atomic E-state index is 0.0347. The molecule has 0 atom stereocenters. The first-order valence-corrected chi connectivity index (χ1v) is 9.23. The van der Waals surface area contributed by atoms with Crippen molar-refractivity contribution in [3.63, 3.8) is 0 Å². The largest absolute Gasteiger partial charge is 0.290 e. The molecule has 28 heavy (non-hydrogen) atoms. The highest BCUT2D eigenvalue weighted by atomic mass is 79.9. The Morgan fingerprint density at radius 2 is 1.96 bits per heavy atom. The number of aromatic nitrogens is 2. The molecule has 0 bridgehead atoms. The number of nitriles is 1. The molecule has 2 N–H and O–H groups in total. The van der Waals surface area contributed by atoms with Crippen molar-refractivity contribution in [1.82, 2.24) is 9.97 Å². The van der Waals surface area contributed by atoms with E-state index in [1.807, 2.05) is 6.07 Å².